The minimum atomic E-state index is -4.94. The maximum Gasteiger partial charge on any atom is 0.239 e. The quantitative estimate of drug-likeness (QED) is 0.371. The van der Waals surface area contributed by atoms with Crippen LogP contribution in [0.1, 0.15) is 0 Å². The predicted octanol–water partition coefficient (Wildman–Crippen LogP) is 1.26. The van der Waals surface area contributed by atoms with Crippen molar-refractivity contribution in [2.75, 3.05) is 7.11 Å². The molecule has 5 nitrogen and oxygen atoms in total. The Kier molecular flexibility index (Phi) is 5.86. The summed E-state index contributed by atoms with van der Waals surface area (Å²) in [5.74, 6) is 0.885. The predicted molar refractivity (Wildman–Crippen MR) is 95.7 cm³/mol. The molecule has 0 amide bonds. The van der Waals surface area contributed by atoms with Crippen LogP contribution in [0.4, 0.5) is 0 Å². The molecule has 138 valence electrons. The highest BCUT2D eigenvalue weighted by Gasteiger charge is 2.17. The Balaban J connectivity index is 0.000000376. The van der Waals surface area contributed by atoms with Gasteiger partial charge in [0.2, 0.25) is 20.7 Å². The number of methoxy groups -OCH3 is 1. The lowest BCUT2D eigenvalue weighted by atomic mass is 9.98. The van der Waals surface area contributed by atoms with Gasteiger partial charge in [-0.15, -0.1) is 10.2 Å². The van der Waals surface area contributed by atoms with Gasteiger partial charge in [0.05, 0.1) is 7.11 Å². The Bertz CT molecular complexity index is 1000. The van der Waals surface area contributed by atoms with Gasteiger partial charge in [0.1, 0.15) is 5.75 Å². The first-order valence-corrected chi connectivity index (χ1v) is 9.91. The summed E-state index contributed by atoms with van der Waals surface area (Å²) in [5.41, 5.74) is 2.52. The summed E-state index contributed by atoms with van der Waals surface area (Å²) in [7, 11) is -3.25. The second kappa shape index (κ2) is 8.14. The Morgan fingerprint density at radius 3 is 1.59 bits per heavy atom. The van der Waals surface area contributed by atoms with Crippen molar-refractivity contribution in [3.8, 4) is 16.9 Å². The Morgan fingerprint density at radius 1 is 0.704 bits per heavy atom. The number of ether oxygens (including phenoxy) is 1. The van der Waals surface area contributed by atoms with Gasteiger partial charge in [0.15, 0.2) is 0 Å². The van der Waals surface area contributed by atoms with E-state index in [1.165, 1.54) is 31.3 Å². The number of halogens is 1. The standard InChI is InChI=1S/C20H15OS.ClHO4/c1-21-15-12-10-14(11-13-15)20-16-6-2-4-8-18(16)22-19-9-5-3-7-17(19)20;2-1(3,4)5/h2-13H,1H3;(H,2,3,4,5)/q+1;/p-1. The van der Waals surface area contributed by atoms with Crippen molar-refractivity contribution in [1.29, 1.82) is 0 Å². The van der Waals surface area contributed by atoms with Gasteiger partial charge in [0.25, 0.3) is 0 Å². The van der Waals surface area contributed by atoms with Crippen LogP contribution in [0.2, 0.25) is 0 Å². The minimum Gasteiger partial charge on any atom is -0.497 e. The Hall–Kier alpha value is -2.32. The maximum absolute atomic E-state index is 8.49. The molecule has 0 spiro atoms. The van der Waals surface area contributed by atoms with Crippen LogP contribution in [0.3, 0.4) is 0 Å². The maximum atomic E-state index is 8.49. The van der Waals surface area contributed by atoms with Crippen LogP contribution in [0.5, 0.6) is 5.75 Å². The normalized spacial score (nSPS) is 11.1. The van der Waals surface area contributed by atoms with Gasteiger partial charge in [-0.05, 0) is 29.8 Å². The summed E-state index contributed by atoms with van der Waals surface area (Å²) in [5, 5.41) is 2.60. The third kappa shape index (κ3) is 4.90. The molecule has 0 aliphatic heterocycles. The lowest BCUT2D eigenvalue weighted by Gasteiger charge is -2.17. The molecule has 0 saturated carbocycles. The zero-order chi connectivity index (χ0) is 19.4. The average Bonchev–Trinajstić information content (AvgIpc) is 2.65. The lowest BCUT2D eigenvalue weighted by molar-refractivity contribution is -2.00. The molecule has 0 fully saturated rings. The van der Waals surface area contributed by atoms with Crippen molar-refractivity contribution in [1.82, 2.24) is 0 Å². The summed E-state index contributed by atoms with van der Waals surface area (Å²) < 4.78 is 41.9. The topological polar surface area (TPSA) is 101 Å². The fraction of sp³-hybridized carbons (Fsp3) is 0.0500. The number of rotatable bonds is 2. The third-order valence-electron chi connectivity index (χ3n) is 3.91. The minimum absolute atomic E-state index is 0.885. The van der Waals surface area contributed by atoms with Crippen LogP contribution < -0.4 is 23.4 Å². The fourth-order valence-electron chi connectivity index (χ4n) is 2.86. The van der Waals surface area contributed by atoms with E-state index in [1.54, 1.807) is 7.11 Å². The second-order valence-corrected chi connectivity index (χ2v) is 7.42. The van der Waals surface area contributed by atoms with Crippen molar-refractivity contribution < 1.29 is 33.6 Å². The van der Waals surface area contributed by atoms with Crippen molar-refractivity contribution in [3.63, 3.8) is 0 Å². The van der Waals surface area contributed by atoms with Gasteiger partial charge in [0, 0.05) is 28.5 Å². The van der Waals surface area contributed by atoms with Gasteiger partial charge in [-0.3, -0.25) is 0 Å². The molecule has 3 aromatic carbocycles. The first-order valence-electron chi connectivity index (χ1n) is 7.86. The van der Waals surface area contributed by atoms with E-state index in [-0.39, 0.29) is 0 Å². The SMILES string of the molecule is COc1ccc(-c2c3ccccc3[s+]c3ccccc23)cc1.[O-][Cl+3]([O-])([O-])[O-]. The van der Waals surface area contributed by atoms with Gasteiger partial charge < -0.3 is 4.74 Å². The molecule has 4 rings (SSSR count). The number of benzene rings is 3. The monoisotopic (exact) mass is 402 g/mol. The van der Waals surface area contributed by atoms with E-state index >= 15 is 0 Å². The van der Waals surface area contributed by atoms with E-state index in [0.717, 1.165) is 5.75 Å². The van der Waals surface area contributed by atoms with E-state index in [2.05, 4.69) is 60.7 Å². The molecular weight excluding hydrogens is 388 g/mol. The molecule has 7 heteroatoms. The summed E-state index contributed by atoms with van der Waals surface area (Å²) in [6, 6.07) is 25.5. The van der Waals surface area contributed by atoms with Gasteiger partial charge in [-0.25, -0.2) is 18.6 Å². The molecule has 0 unspecified atom stereocenters. The molecule has 0 radical (unpaired) electrons. The highest BCUT2D eigenvalue weighted by Crippen LogP contribution is 2.39. The lowest BCUT2D eigenvalue weighted by Crippen LogP contribution is -2.68. The highest BCUT2D eigenvalue weighted by atomic mass is 35.7. The molecule has 1 aromatic heterocycles. The van der Waals surface area contributed by atoms with Crippen LogP contribution in [-0.4, -0.2) is 7.11 Å². The smallest absolute Gasteiger partial charge is 0.239 e. The van der Waals surface area contributed by atoms with Gasteiger partial charge in [-0.1, -0.05) is 36.4 Å². The summed E-state index contributed by atoms with van der Waals surface area (Å²) in [6.07, 6.45) is 0. The van der Waals surface area contributed by atoms with E-state index in [9.17, 15) is 0 Å². The summed E-state index contributed by atoms with van der Waals surface area (Å²) >= 11 is 1.84. The largest absolute Gasteiger partial charge is 0.497 e. The van der Waals surface area contributed by atoms with Crippen LogP contribution in [0, 0.1) is 10.2 Å². The van der Waals surface area contributed by atoms with E-state index < -0.39 is 10.2 Å². The Morgan fingerprint density at radius 2 is 1.15 bits per heavy atom. The number of fused-ring (bicyclic) bond motifs is 2. The summed E-state index contributed by atoms with van der Waals surface area (Å²) in [6.45, 7) is 0. The molecule has 0 bridgehead atoms. The fourth-order valence-corrected chi connectivity index (χ4v) is 3.95. The zero-order valence-electron chi connectivity index (χ0n) is 14.3. The highest BCUT2D eigenvalue weighted by molar-refractivity contribution is 7.24. The third-order valence-corrected chi connectivity index (χ3v) is 5.06. The second-order valence-electron chi connectivity index (χ2n) is 5.58. The molecule has 0 atom stereocenters. The summed E-state index contributed by atoms with van der Waals surface area (Å²) in [4.78, 5) is 0. The Labute approximate surface area is 162 Å². The van der Waals surface area contributed by atoms with Crippen LogP contribution >= 0.6 is 11.3 Å². The number of hydrogen-bond acceptors (Lipinski definition) is 5. The molecule has 0 aliphatic rings. The molecule has 0 aliphatic carbocycles. The first-order chi connectivity index (χ1) is 12.9. The zero-order valence-corrected chi connectivity index (χ0v) is 15.8. The van der Waals surface area contributed by atoms with Gasteiger partial charge in [-0.2, -0.15) is 0 Å². The van der Waals surface area contributed by atoms with Crippen molar-refractivity contribution >= 4 is 31.5 Å². The molecule has 0 N–H and O–H groups in total. The van der Waals surface area contributed by atoms with Crippen LogP contribution in [0.25, 0.3) is 31.3 Å². The van der Waals surface area contributed by atoms with E-state index in [0.29, 0.717) is 0 Å². The van der Waals surface area contributed by atoms with Crippen LogP contribution in [0.15, 0.2) is 72.8 Å². The molecule has 4 aromatic rings. The van der Waals surface area contributed by atoms with Crippen molar-refractivity contribution in [2.45, 2.75) is 0 Å². The molecular formula is C20H15ClO5S. The van der Waals surface area contributed by atoms with Crippen molar-refractivity contribution in [3.05, 3.63) is 72.8 Å². The molecule has 1 heterocycles. The molecule has 0 saturated heterocycles. The molecule has 27 heavy (non-hydrogen) atoms. The first kappa shape index (κ1) is 19.4. The van der Waals surface area contributed by atoms with E-state index in [4.69, 9.17) is 23.4 Å². The number of hydrogen-bond donors (Lipinski definition) is 0. The van der Waals surface area contributed by atoms with Crippen LogP contribution in [-0.2, 0) is 0 Å². The van der Waals surface area contributed by atoms with Gasteiger partial charge >= 0.3 is 0 Å². The van der Waals surface area contributed by atoms with Crippen molar-refractivity contribution in [2.24, 2.45) is 0 Å². The van der Waals surface area contributed by atoms with E-state index in [1.807, 2.05) is 23.5 Å². The average molecular weight is 403 g/mol.